The van der Waals surface area contributed by atoms with Gasteiger partial charge in [-0.1, -0.05) is 28.5 Å². The zero-order valence-corrected chi connectivity index (χ0v) is 17.9. The van der Waals surface area contributed by atoms with E-state index in [0.717, 1.165) is 6.33 Å². The summed E-state index contributed by atoms with van der Waals surface area (Å²) in [6.07, 6.45) is 3.43. The van der Waals surface area contributed by atoms with Gasteiger partial charge >= 0.3 is 6.09 Å². The predicted octanol–water partition coefficient (Wildman–Crippen LogP) is 1.53. The molecule has 1 saturated heterocycles. The number of alkyl halides is 2. The maximum absolute atomic E-state index is 14.9. The number of terminal acetylenes is 1. The van der Waals surface area contributed by atoms with E-state index < -0.39 is 35.5 Å². The number of aromatic nitrogens is 4. The van der Waals surface area contributed by atoms with Crippen LogP contribution in [0, 0.1) is 12.3 Å². The van der Waals surface area contributed by atoms with Crippen LogP contribution in [0.15, 0.2) is 12.7 Å². The van der Waals surface area contributed by atoms with E-state index >= 15 is 0 Å². The highest BCUT2D eigenvalue weighted by atomic mass is 127. The van der Waals surface area contributed by atoms with E-state index in [2.05, 4.69) is 20.3 Å². The third-order valence-corrected chi connectivity index (χ3v) is 5.19. The lowest BCUT2D eigenvalue weighted by molar-refractivity contribution is -0.167. The average Bonchev–Trinajstić information content (AvgIpc) is 3.15. The number of carbonyl (C=O) groups excluding carboxylic acids is 1. The summed E-state index contributed by atoms with van der Waals surface area (Å²) < 4.78 is 26.3. The predicted molar refractivity (Wildman–Crippen MR) is 108 cm³/mol. The van der Waals surface area contributed by atoms with Crippen molar-refractivity contribution in [3.8, 4) is 12.3 Å². The number of halogens is 2. The highest BCUT2D eigenvalue weighted by molar-refractivity contribution is 14.1. The van der Waals surface area contributed by atoms with Gasteiger partial charge in [-0.3, -0.25) is 9.88 Å². The number of hydrogen-bond acceptors (Lipinski definition) is 8. The van der Waals surface area contributed by atoms with Gasteiger partial charge < -0.3 is 19.7 Å². The van der Waals surface area contributed by atoms with Gasteiger partial charge in [0.25, 0.3) is 0 Å². The molecule has 4 atom stereocenters. The Balaban J connectivity index is 2.01. The van der Waals surface area contributed by atoms with E-state index in [4.69, 9.17) is 15.9 Å². The van der Waals surface area contributed by atoms with Crippen molar-refractivity contribution in [2.75, 3.05) is 9.74 Å². The minimum atomic E-state index is -2.58. The molecule has 2 aromatic heterocycles. The molecule has 0 radical (unpaired) electrons. The molecule has 12 heteroatoms. The lowest BCUT2D eigenvalue weighted by atomic mass is 9.94. The Morgan fingerprint density at radius 1 is 1.52 bits per heavy atom. The average molecular weight is 519 g/mol. The second-order valence-electron chi connectivity index (χ2n) is 7.44. The van der Waals surface area contributed by atoms with Crippen LogP contribution in [0.4, 0.5) is 15.0 Å². The van der Waals surface area contributed by atoms with Crippen molar-refractivity contribution in [1.29, 1.82) is 0 Å². The number of nitrogens with zero attached hydrogens (tertiary/aromatic N) is 4. The van der Waals surface area contributed by atoms with Gasteiger partial charge in [0.1, 0.15) is 11.9 Å². The van der Waals surface area contributed by atoms with Crippen LogP contribution in [0.2, 0.25) is 0 Å². The van der Waals surface area contributed by atoms with Gasteiger partial charge in [-0.05, 0) is 20.8 Å². The minimum Gasteiger partial charge on any atom is -0.444 e. The number of hydrogen-bond donors (Lipinski definition) is 3. The molecule has 1 aliphatic rings. The van der Waals surface area contributed by atoms with Gasteiger partial charge in [0.05, 0.1) is 10.8 Å². The zero-order valence-electron chi connectivity index (χ0n) is 15.8. The molecule has 0 aliphatic carbocycles. The molecule has 10 nitrogen and oxygen atoms in total. The summed E-state index contributed by atoms with van der Waals surface area (Å²) in [7, 11) is 0. The first-order chi connectivity index (χ1) is 13.4. The van der Waals surface area contributed by atoms with E-state index in [1.165, 1.54) is 10.9 Å². The summed E-state index contributed by atoms with van der Waals surface area (Å²) in [4.78, 5) is 24.2. The van der Waals surface area contributed by atoms with Gasteiger partial charge in [0, 0.05) is 0 Å². The summed E-state index contributed by atoms with van der Waals surface area (Å²) in [5.74, 6) is -0.532. The number of amides is 1. The van der Waals surface area contributed by atoms with E-state index in [1.807, 2.05) is 5.92 Å². The quantitative estimate of drug-likeness (QED) is 0.316. The molecule has 1 fully saturated rings. The Morgan fingerprint density at radius 2 is 2.21 bits per heavy atom. The molecular weight excluding hydrogens is 500 g/mol. The van der Waals surface area contributed by atoms with E-state index in [9.17, 15) is 19.4 Å². The topological polar surface area (TPSA) is 132 Å². The Morgan fingerprint density at radius 3 is 2.79 bits per heavy atom. The van der Waals surface area contributed by atoms with Crippen LogP contribution >= 0.6 is 22.6 Å². The van der Waals surface area contributed by atoms with E-state index in [0.29, 0.717) is 0 Å². The van der Waals surface area contributed by atoms with Gasteiger partial charge in [-0.15, -0.1) is 6.42 Å². The minimum absolute atomic E-state index is 0.0335. The number of imidazole rings is 1. The van der Waals surface area contributed by atoms with Crippen molar-refractivity contribution in [1.82, 2.24) is 19.5 Å². The fourth-order valence-corrected chi connectivity index (χ4v) is 3.44. The zero-order chi connectivity index (χ0) is 21.6. The molecule has 0 unspecified atom stereocenters. The number of aliphatic hydroxyl groups is 2. The standard InChI is InChI=1S/C17H19FIN5O5/c1-5-16(27)12(25)17(18,6-19)28-13(16)24-8-22-9-10(20-7-21-11(9)24)23-14(26)29-15(2,3)4/h1,7-8,12-13,25,27H,6H2,2-4H3,(H,20,21,23,26)/t12-,13+,16+,17+/m0/s1. The van der Waals surface area contributed by atoms with Crippen molar-refractivity contribution in [3.63, 3.8) is 0 Å². The number of carbonyl (C=O) groups is 1. The first kappa shape index (κ1) is 21.6. The molecule has 156 valence electrons. The van der Waals surface area contributed by atoms with Crippen molar-refractivity contribution in [2.24, 2.45) is 0 Å². The fraction of sp³-hybridized carbons (Fsp3) is 0.529. The van der Waals surface area contributed by atoms with Crippen LogP contribution < -0.4 is 5.32 Å². The Bertz CT molecular complexity index is 989. The summed E-state index contributed by atoms with van der Waals surface area (Å²) in [6.45, 7) is 5.11. The van der Waals surface area contributed by atoms with Crippen molar-refractivity contribution >= 4 is 45.7 Å². The Hall–Kier alpha value is -2.08. The molecule has 3 rings (SSSR count). The smallest absolute Gasteiger partial charge is 0.413 e. The van der Waals surface area contributed by atoms with Crippen molar-refractivity contribution < 1.29 is 28.9 Å². The third kappa shape index (κ3) is 3.75. The molecule has 29 heavy (non-hydrogen) atoms. The molecule has 2 aromatic rings. The summed E-state index contributed by atoms with van der Waals surface area (Å²) in [5.41, 5.74) is -2.88. The first-order valence-electron chi connectivity index (χ1n) is 8.43. The normalized spacial score (nSPS) is 29.6. The molecule has 1 aliphatic heterocycles. The Labute approximate surface area is 179 Å². The highest BCUT2D eigenvalue weighted by Crippen LogP contribution is 2.46. The van der Waals surface area contributed by atoms with Crippen LogP contribution in [0.3, 0.4) is 0 Å². The number of fused-ring (bicyclic) bond motifs is 1. The summed E-state index contributed by atoms with van der Waals surface area (Å²) in [6, 6.07) is 0. The molecule has 0 spiro atoms. The second-order valence-corrected chi connectivity index (χ2v) is 8.20. The molecule has 0 saturated carbocycles. The van der Waals surface area contributed by atoms with Gasteiger partial charge in [0.15, 0.2) is 29.3 Å². The lowest BCUT2D eigenvalue weighted by Crippen LogP contribution is -2.49. The number of aliphatic hydroxyl groups excluding tert-OH is 1. The third-order valence-electron chi connectivity index (χ3n) is 4.15. The first-order valence-corrected chi connectivity index (χ1v) is 9.96. The fourth-order valence-electron chi connectivity index (χ4n) is 2.84. The number of rotatable bonds is 3. The maximum atomic E-state index is 14.9. The largest absolute Gasteiger partial charge is 0.444 e. The maximum Gasteiger partial charge on any atom is 0.413 e. The number of ether oxygens (including phenoxy) is 2. The van der Waals surface area contributed by atoms with Gasteiger partial charge in [-0.25, -0.2) is 24.1 Å². The SMILES string of the molecule is C#C[C@]1(O)[C@H](n2cnc3c(NC(=O)OC(C)(C)C)ncnc32)O[C@](F)(CI)[C@H]1O. The number of nitrogens with one attached hydrogen (secondary N) is 1. The van der Waals surface area contributed by atoms with Gasteiger partial charge in [-0.2, -0.15) is 0 Å². The van der Waals surface area contributed by atoms with Crippen LogP contribution in [0.5, 0.6) is 0 Å². The monoisotopic (exact) mass is 519 g/mol. The number of anilines is 1. The lowest BCUT2D eigenvalue weighted by Gasteiger charge is -2.26. The van der Waals surface area contributed by atoms with Crippen LogP contribution in [-0.4, -0.2) is 63.4 Å². The summed E-state index contributed by atoms with van der Waals surface area (Å²) in [5, 5.41) is 23.4. The molecule has 1 amide bonds. The van der Waals surface area contributed by atoms with E-state index in [1.54, 1.807) is 43.4 Å². The molecular formula is C17H19FIN5O5. The highest BCUT2D eigenvalue weighted by Gasteiger charge is 2.64. The Kier molecular flexibility index (Phi) is 5.45. The van der Waals surface area contributed by atoms with Crippen LogP contribution in [-0.2, 0) is 9.47 Å². The van der Waals surface area contributed by atoms with Gasteiger partial charge in [0.2, 0.25) is 11.5 Å². The van der Waals surface area contributed by atoms with Crippen molar-refractivity contribution in [2.45, 2.75) is 50.2 Å². The summed E-state index contributed by atoms with van der Waals surface area (Å²) >= 11 is 1.68. The molecule has 0 bridgehead atoms. The molecule has 0 aromatic carbocycles. The van der Waals surface area contributed by atoms with Crippen LogP contribution in [0.25, 0.3) is 11.2 Å². The second kappa shape index (κ2) is 7.31. The van der Waals surface area contributed by atoms with Crippen molar-refractivity contribution in [3.05, 3.63) is 12.7 Å². The van der Waals surface area contributed by atoms with E-state index in [-0.39, 0.29) is 21.4 Å². The molecule has 3 N–H and O–H groups in total. The van der Waals surface area contributed by atoms with Crippen LogP contribution in [0.1, 0.15) is 27.0 Å². The molecule has 3 heterocycles.